The third-order valence-electron chi connectivity index (χ3n) is 7.67. The molecule has 0 aromatic heterocycles. The highest BCUT2D eigenvalue weighted by molar-refractivity contribution is 9.10. The molecule has 28 heavy (non-hydrogen) atoms. The van der Waals surface area contributed by atoms with Crippen LogP contribution in [0.1, 0.15) is 50.5 Å². The summed E-state index contributed by atoms with van der Waals surface area (Å²) in [4.78, 5) is 18.1. The van der Waals surface area contributed by atoms with Crippen molar-refractivity contribution >= 4 is 21.8 Å². The molecule has 2 atom stereocenters. The molecule has 1 aliphatic heterocycles. The Morgan fingerprint density at radius 2 is 1.82 bits per heavy atom. The Morgan fingerprint density at radius 1 is 1.07 bits per heavy atom. The number of halogens is 2. The lowest BCUT2D eigenvalue weighted by Crippen LogP contribution is -2.59. The van der Waals surface area contributed by atoms with Crippen LogP contribution in [0.25, 0.3) is 0 Å². The molecular formula is C23H30BrFN2O. The van der Waals surface area contributed by atoms with E-state index < -0.39 is 0 Å². The highest BCUT2D eigenvalue weighted by Crippen LogP contribution is 2.64. The molecule has 0 radical (unpaired) electrons. The maximum atomic E-state index is 14.0. The van der Waals surface area contributed by atoms with Crippen molar-refractivity contribution in [2.24, 2.45) is 17.3 Å². The van der Waals surface area contributed by atoms with Crippen LogP contribution in [0.2, 0.25) is 0 Å². The molecule has 6 rings (SSSR count). The second-order valence-corrected chi connectivity index (χ2v) is 11.6. The normalized spacial score (nSPS) is 37.9. The fraction of sp³-hybridized carbons (Fsp3) is 0.696. The number of benzene rings is 1. The van der Waals surface area contributed by atoms with E-state index in [1.807, 2.05) is 12.1 Å². The monoisotopic (exact) mass is 448 g/mol. The third kappa shape index (κ3) is 3.43. The lowest BCUT2D eigenvalue weighted by Gasteiger charge is -2.60. The van der Waals surface area contributed by atoms with Gasteiger partial charge in [0.05, 0.1) is 5.41 Å². The number of nitrogens with zero attached hydrogens (tertiary/aromatic N) is 2. The predicted molar refractivity (Wildman–Crippen MR) is 112 cm³/mol. The SMILES string of the molecule is O=C(N1CCCN(Cc2ccccc2F)CC1)C12CC3CC(CC(Br)(C3)C1)C2. The van der Waals surface area contributed by atoms with Gasteiger partial charge in [0.25, 0.3) is 0 Å². The van der Waals surface area contributed by atoms with E-state index >= 15 is 0 Å². The Hall–Kier alpha value is -0.940. The summed E-state index contributed by atoms with van der Waals surface area (Å²) < 4.78 is 14.2. The minimum atomic E-state index is -0.129. The molecule has 5 fully saturated rings. The smallest absolute Gasteiger partial charge is 0.228 e. The summed E-state index contributed by atoms with van der Waals surface area (Å²) >= 11 is 4.04. The van der Waals surface area contributed by atoms with Crippen molar-refractivity contribution in [2.45, 2.75) is 55.8 Å². The second-order valence-electron chi connectivity index (χ2n) is 9.91. The fourth-order valence-electron chi connectivity index (χ4n) is 6.94. The lowest BCUT2D eigenvalue weighted by atomic mass is 9.49. The first-order chi connectivity index (χ1) is 13.4. The van der Waals surface area contributed by atoms with Crippen LogP contribution in [0.4, 0.5) is 4.39 Å². The van der Waals surface area contributed by atoms with Crippen molar-refractivity contribution < 1.29 is 9.18 Å². The maximum absolute atomic E-state index is 14.0. The quantitative estimate of drug-likeness (QED) is 0.631. The van der Waals surface area contributed by atoms with Crippen molar-refractivity contribution in [2.75, 3.05) is 26.2 Å². The number of amides is 1. The van der Waals surface area contributed by atoms with E-state index in [0.717, 1.165) is 69.3 Å². The molecule has 152 valence electrons. The standard InChI is InChI=1S/C23H30BrFN2O/c24-23-13-17-10-18(14-23)12-22(11-17,16-23)21(28)27-7-3-6-26(8-9-27)15-19-4-1-2-5-20(19)25/h1-2,4-5,17-18H,3,6-16H2. The van der Waals surface area contributed by atoms with Crippen LogP contribution in [0.3, 0.4) is 0 Å². The Labute approximate surface area is 175 Å². The van der Waals surface area contributed by atoms with Crippen molar-refractivity contribution in [3.05, 3.63) is 35.6 Å². The zero-order valence-corrected chi connectivity index (χ0v) is 18.1. The van der Waals surface area contributed by atoms with Gasteiger partial charge in [0.2, 0.25) is 5.91 Å². The molecular weight excluding hydrogens is 419 g/mol. The van der Waals surface area contributed by atoms with Gasteiger partial charge in [0.1, 0.15) is 5.82 Å². The third-order valence-corrected chi connectivity index (χ3v) is 8.60. The van der Waals surface area contributed by atoms with Crippen LogP contribution in [-0.4, -0.2) is 46.2 Å². The molecule has 0 spiro atoms. The molecule has 4 saturated carbocycles. The van der Waals surface area contributed by atoms with E-state index in [0.29, 0.717) is 12.5 Å². The minimum Gasteiger partial charge on any atom is -0.341 e. The van der Waals surface area contributed by atoms with Crippen LogP contribution >= 0.6 is 15.9 Å². The van der Waals surface area contributed by atoms with Gasteiger partial charge >= 0.3 is 0 Å². The number of alkyl halides is 1. The van der Waals surface area contributed by atoms with Gasteiger partial charge in [-0.05, 0) is 62.8 Å². The van der Waals surface area contributed by atoms with E-state index in [2.05, 4.69) is 25.7 Å². The lowest BCUT2D eigenvalue weighted by molar-refractivity contribution is -0.155. The molecule has 2 unspecified atom stereocenters. The molecule has 1 amide bonds. The Kier molecular flexibility index (Phi) is 4.82. The zero-order chi connectivity index (χ0) is 19.4. The number of hydrogen-bond donors (Lipinski definition) is 0. The molecule has 1 aromatic rings. The number of carbonyl (C=O) groups is 1. The largest absolute Gasteiger partial charge is 0.341 e. The van der Waals surface area contributed by atoms with Gasteiger partial charge in [-0.1, -0.05) is 34.1 Å². The van der Waals surface area contributed by atoms with Gasteiger partial charge in [-0.25, -0.2) is 4.39 Å². The highest BCUT2D eigenvalue weighted by Gasteiger charge is 2.60. The molecule has 3 nitrogen and oxygen atoms in total. The summed E-state index contributed by atoms with van der Waals surface area (Å²) in [6, 6.07) is 7.04. The summed E-state index contributed by atoms with van der Waals surface area (Å²) in [5.74, 6) is 1.75. The Balaban J connectivity index is 1.26. The first-order valence-corrected chi connectivity index (χ1v) is 11.7. The van der Waals surface area contributed by atoms with E-state index in [1.165, 1.54) is 25.3 Å². The van der Waals surface area contributed by atoms with Crippen molar-refractivity contribution in [3.63, 3.8) is 0 Å². The van der Waals surface area contributed by atoms with Gasteiger partial charge in [0, 0.05) is 42.6 Å². The van der Waals surface area contributed by atoms with Gasteiger partial charge in [-0.2, -0.15) is 0 Å². The van der Waals surface area contributed by atoms with Gasteiger partial charge in [-0.15, -0.1) is 0 Å². The first-order valence-electron chi connectivity index (χ1n) is 10.9. The summed E-state index contributed by atoms with van der Waals surface area (Å²) in [7, 11) is 0. The summed E-state index contributed by atoms with van der Waals surface area (Å²) in [6.45, 7) is 4.02. The Morgan fingerprint density at radius 3 is 2.54 bits per heavy atom. The van der Waals surface area contributed by atoms with Gasteiger partial charge in [0.15, 0.2) is 0 Å². The summed E-state index contributed by atoms with van der Waals surface area (Å²) in [5, 5.41) is 0. The molecule has 4 bridgehead atoms. The van der Waals surface area contributed by atoms with Crippen molar-refractivity contribution in [1.29, 1.82) is 0 Å². The van der Waals surface area contributed by atoms with Gasteiger partial charge < -0.3 is 4.90 Å². The van der Waals surface area contributed by atoms with E-state index in [-0.39, 0.29) is 15.6 Å². The molecule has 5 heteroatoms. The van der Waals surface area contributed by atoms with Crippen LogP contribution < -0.4 is 0 Å². The average molecular weight is 449 g/mol. The molecule has 0 N–H and O–H groups in total. The number of hydrogen-bond acceptors (Lipinski definition) is 2. The zero-order valence-electron chi connectivity index (χ0n) is 16.5. The van der Waals surface area contributed by atoms with Crippen LogP contribution in [0, 0.1) is 23.1 Å². The Bertz CT molecular complexity index is 755. The average Bonchev–Trinajstić information content (AvgIpc) is 2.86. The van der Waals surface area contributed by atoms with Gasteiger partial charge in [-0.3, -0.25) is 9.69 Å². The molecule has 4 aliphatic carbocycles. The van der Waals surface area contributed by atoms with Crippen LogP contribution in [0.15, 0.2) is 24.3 Å². The van der Waals surface area contributed by atoms with Crippen LogP contribution in [0.5, 0.6) is 0 Å². The van der Waals surface area contributed by atoms with E-state index in [4.69, 9.17) is 0 Å². The second kappa shape index (κ2) is 7.09. The predicted octanol–water partition coefficient (Wildman–Crippen LogP) is 4.59. The van der Waals surface area contributed by atoms with Crippen LogP contribution in [-0.2, 0) is 11.3 Å². The molecule has 1 saturated heterocycles. The topological polar surface area (TPSA) is 23.6 Å². The fourth-order valence-corrected chi connectivity index (χ4v) is 8.39. The molecule has 5 aliphatic rings. The minimum absolute atomic E-state index is 0.117. The highest BCUT2D eigenvalue weighted by atomic mass is 79.9. The van der Waals surface area contributed by atoms with E-state index in [1.54, 1.807) is 6.07 Å². The van der Waals surface area contributed by atoms with Crippen molar-refractivity contribution in [3.8, 4) is 0 Å². The van der Waals surface area contributed by atoms with Crippen molar-refractivity contribution in [1.82, 2.24) is 9.80 Å². The molecule has 1 heterocycles. The summed E-state index contributed by atoms with van der Waals surface area (Å²) in [5.41, 5.74) is 0.637. The number of rotatable bonds is 3. The van der Waals surface area contributed by atoms with E-state index in [9.17, 15) is 9.18 Å². The maximum Gasteiger partial charge on any atom is 0.228 e. The molecule has 1 aromatic carbocycles. The summed E-state index contributed by atoms with van der Waals surface area (Å²) in [6.07, 6.45) is 8.06. The first kappa shape index (κ1) is 19.0. The number of carbonyl (C=O) groups excluding carboxylic acids is 1.